The second-order valence-electron chi connectivity index (χ2n) is 9.63. The van der Waals surface area contributed by atoms with Crippen LogP contribution in [0.15, 0.2) is 84.9 Å². The first-order valence-corrected chi connectivity index (χ1v) is 12.8. The monoisotopic (exact) mass is 497 g/mol. The van der Waals surface area contributed by atoms with E-state index in [9.17, 15) is 14.4 Å². The van der Waals surface area contributed by atoms with Crippen LogP contribution in [0.1, 0.15) is 24.8 Å². The third-order valence-corrected chi connectivity index (χ3v) is 7.09. The molecule has 1 unspecified atom stereocenters. The number of hydrogen-bond donors (Lipinski definition) is 1. The average Bonchev–Trinajstić information content (AvgIpc) is 3.35. The number of piperidine rings is 1. The number of anilines is 2. The highest BCUT2D eigenvalue weighted by Crippen LogP contribution is 2.28. The summed E-state index contributed by atoms with van der Waals surface area (Å²) in [7, 11) is 0. The van der Waals surface area contributed by atoms with Crippen molar-refractivity contribution in [2.75, 3.05) is 29.9 Å². The molecule has 0 aliphatic carbocycles. The van der Waals surface area contributed by atoms with Crippen LogP contribution < -0.4 is 15.0 Å². The minimum Gasteiger partial charge on any atom is -0.489 e. The summed E-state index contributed by atoms with van der Waals surface area (Å²) >= 11 is 0. The number of nitrogens with one attached hydrogen (secondary N) is 1. The molecule has 2 heterocycles. The van der Waals surface area contributed by atoms with E-state index < -0.39 is 0 Å². The number of carbonyl (C=O) groups excluding carboxylic acids is 3. The van der Waals surface area contributed by atoms with E-state index in [1.807, 2.05) is 89.8 Å². The molecule has 0 radical (unpaired) electrons. The van der Waals surface area contributed by atoms with Crippen LogP contribution >= 0.6 is 0 Å². The molecule has 3 amide bonds. The maximum atomic E-state index is 13.1. The minimum atomic E-state index is -0.333. The van der Waals surface area contributed by atoms with Gasteiger partial charge in [-0.2, -0.15) is 0 Å². The van der Waals surface area contributed by atoms with Crippen LogP contribution in [0.2, 0.25) is 0 Å². The van der Waals surface area contributed by atoms with Crippen LogP contribution in [0.4, 0.5) is 11.4 Å². The van der Waals surface area contributed by atoms with Crippen LogP contribution in [-0.2, 0) is 21.0 Å². The zero-order valence-corrected chi connectivity index (χ0v) is 20.7. The fourth-order valence-corrected chi connectivity index (χ4v) is 4.97. The Bertz CT molecular complexity index is 1220. The van der Waals surface area contributed by atoms with Gasteiger partial charge in [-0.1, -0.05) is 48.5 Å². The zero-order valence-electron chi connectivity index (χ0n) is 20.7. The molecule has 3 aromatic rings. The van der Waals surface area contributed by atoms with Crippen molar-refractivity contribution in [2.24, 2.45) is 11.8 Å². The van der Waals surface area contributed by atoms with E-state index in [1.54, 1.807) is 4.90 Å². The smallest absolute Gasteiger partial charge is 0.228 e. The lowest BCUT2D eigenvalue weighted by molar-refractivity contribution is -0.138. The van der Waals surface area contributed by atoms with Crippen molar-refractivity contribution in [3.05, 3.63) is 90.5 Å². The predicted octanol–water partition coefficient (Wildman–Crippen LogP) is 4.50. The average molecular weight is 498 g/mol. The Kier molecular flexibility index (Phi) is 7.49. The Morgan fingerprint density at radius 1 is 0.838 bits per heavy atom. The van der Waals surface area contributed by atoms with Gasteiger partial charge in [0, 0.05) is 43.3 Å². The summed E-state index contributed by atoms with van der Waals surface area (Å²) in [5.74, 6) is 0.220. The van der Waals surface area contributed by atoms with Gasteiger partial charge in [-0.25, -0.2) is 0 Å². The molecule has 0 saturated carbocycles. The maximum Gasteiger partial charge on any atom is 0.228 e. The molecule has 190 valence electrons. The van der Waals surface area contributed by atoms with E-state index in [0.29, 0.717) is 39.1 Å². The molecular formula is C30H31N3O4. The van der Waals surface area contributed by atoms with Gasteiger partial charge in [0.05, 0.1) is 5.92 Å². The normalized spacial score (nSPS) is 18.1. The molecular weight excluding hydrogens is 466 g/mol. The molecule has 0 spiro atoms. The van der Waals surface area contributed by atoms with Crippen molar-refractivity contribution in [2.45, 2.75) is 25.9 Å². The number of carbonyl (C=O) groups is 3. The van der Waals surface area contributed by atoms with Crippen molar-refractivity contribution < 1.29 is 19.1 Å². The Morgan fingerprint density at radius 2 is 1.49 bits per heavy atom. The van der Waals surface area contributed by atoms with Gasteiger partial charge in [-0.15, -0.1) is 0 Å². The third kappa shape index (κ3) is 6.00. The van der Waals surface area contributed by atoms with Crippen LogP contribution in [0.25, 0.3) is 0 Å². The number of benzene rings is 3. The van der Waals surface area contributed by atoms with Gasteiger partial charge in [-0.05, 0) is 54.8 Å². The molecule has 0 bridgehead atoms. The lowest BCUT2D eigenvalue weighted by atomic mass is 9.94. The summed E-state index contributed by atoms with van der Waals surface area (Å²) in [6.45, 7) is 1.95. The third-order valence-electron chi connectivity index (χ3n) is 7.09. The van der Waals surface area contributed by atoms with Crippen molar-refractivity contribution in [1.82, 2.24) is 4.90 Å². The van der Waals surface area contributed by atoms with E-state index in [-0.39, 0.29) is 36.0 Å². The van der Waals surface area contributed by atoms with Crippen molar-refractivity contribution in [1.29, 1.82) is 0 Å². The Morgan fingerprint density at radius 3 is 2.16 bits per heavy atom. The topological polar surface area (TPSA) is 79.0 Å². The Hall–Kier alpha value is -4.13. The second kappa shape index (κ2) is 11.3. The zero-order chi connectivity index (χ0) is 25.6. The number of rotatable bonds is 7. The summed E-state index contributed by atoms with van der Waals surface area (Å²) < 4.78 is 5.81. The maximum absolute atomic E-state index is 13.1. The molecule has 5 rings (SSSR count). The highest BCUT2D eigenvalue weighted by molar-refractivity contribution is 6.00. The quantitative estimate of drug-likeness (QED) is 0.522. The molecule has 37 heavy (non-hydrogen) atoms. The van der Waals surface area contributed by atoms with Gasteiger partial charge in [0.2, 0.25) is 17.7 Å². The Balaban J connectivity index is 1.08. The number of para-hydroxylation sites is 1. The summed E-state index contributed by atoms with van der Waals surface area (Å²) in [6, 6.07) is 26.8. The molecule has 7 heteroatoms. The number of amides is 3. The van der Waals surface area contributed by atoms with Gasteiger partial charge in [-0.3, -0.25) is 14.4 Å². The molecule has 7 nitrogen and oxygen atoms in total. The van der Waals surface area contributed by atoms with E-state index >= 15 is 0 Å². The largest absolute Gasteiger partial charge is 0.489 e. The van der Waals surface area contributed by atoms with Crippen molar-refractivity contribution in [3.8, 4) is 5.75 Å². The number of hydrogen-bond acceptors (Lipinski definition) is 4. The van der Waals surface area contributed by atoms with Gasteiger partial charge < -0.3 is 19.9 Å². The fraction of sp³-hybridized carbons (Fsp3) is 0.300. The minimum absolute atomic E-state index is 0.0109. The lowest BCUT2D eigenvalue weighted by Crippen LogP contribution is -2.44. The first-order chi connectivity index (χ1) is 18.1. The highest BCUT2D eigenvalue weighted by Gasteiger charge is 2.38. The second-order valence-corrected chi connectivity index (χ2v) is 9.63. The standard InChI is InChI=1S/C30H31N3O4/c34-28-19-24(20-33(28)26-9-5-2-6-10-26)30(36)32-17-15-23(16-18-32)29(35)31-25-11-13-27(14-12-25)37-21-22-7-3-1-4-8-22/h1-14,23-24H,15-21H2,(H,31,35). The fourth-order valence-electron chi connectivity index (χ4n) is 4.97. The van der Waals surface area contributed by atoms with Crippen molar-refractivity contribution in [3.63, 3.8) is 0 Å². The predicted molar refractivity (Wildman–Crippen MR) is 142 cm³/mol. The van der Waals surface area contributed by atoms with Crippen LogP contribution in [0.3, 0.4) is 0 Å². The molecule has 0 aromatic heterocycles. The highest BCUT2D eigenvalue weighted by atomic mass is 16.5. The van der Waals surface area contributed by atoms with E-state index in [1.165, 1.54) is 0 Å². The van der Waals surface area contributed by atoms with Gasteiger partial charge >= 0.3 is 0 Å². The van der Waals surface area contributed by atoms with E-state index in [2.05, 4.69) is 5.32 Å². The van der Waals surface area contributed by atoms with Crippen LogP contribution in [-0.4, -0.2) is 42.3 Å². The first kappa shape index (κ1) is 24.6. The van der Waals surface area contributed by atoms with Gasteiger partial charge in [0.1, 0.15) is 12.4 Å². The van der Waals surface area contributed by atoms with E-state index in [4.69, 9.17) is 4.74 Å². The summed E-state index contributed by atoms with van der Waals surface area (Å²) in [6.07, 6.45) is 1.46. The summed E-state index contributed by atoms with van der Waals surface area (Å²) in [4.78, 5) is 42.0. The number of ether oxygens (including phenoxy) is 1. The molecule has 2 saturated heterocycles. The van der Waals surface area contributed by atoms with E-state index in [0.717, 1.165) is 22.7 Å². The molecule has 2 fully saturated rings. The Labute approximate surface area is 217 Å². The van der Waals surface area contributed by atoms with Crippen molar-refractivity contribution >= 4 is 29.1 Å². The summed E-state index contributed by atoms with van der Waals surface area (Å²) in [5.41, 5.74) is 2.65. The molecule has 2 aliphatic heterocycles. The van der Waals surface area contributed by atoms with Crippen LogP contribution in [0.5, 0.6) is 5.75 Å². The number of likely N-dealkylation sites (tertiary alicyclic amines) is 1. The number of nitrogens with zero attached hydrogens (tertiary/aromatic N) is 2. The lowest BCUT2D eigenvalue weighted by Gasteiger charge is -2.33. The molecule has 1 N–H and O–H groups in total. The van der Waals surface area contributed by atoms with Gasteiger partial charge in [0.15, 0.2) is 0 Å². The van der Waals surface area contributed by atoms with Crippen LogP contribution in [0, 0.1) is 11.8 Å². The summed E-state index contributed by atoms with van der Waals surface area (Å²) in [5, 5.41) is 2.99. The first-order valence-electron chi connectivity index (χ1n) is 12.8. The SMILES string of the molecule is O=C(Nc1ccc(OCc2ccccc2)cc1)C1CCN(C(=O)C2CC(=O)N(c3ccccc3)C2)CC1. The van der Waals surface area contributed by atoms with Gasteiger partial charge in [0.25, 0.3) is 0 Å². The molecule has 3 aromatic carbocycles. The molecule has 1 atom stereocenters. The molecule has 2 aliphatic rings.